The first kappa shape index (κ1) is 35.3. The molecule has 4 heteroatoms. The maximum atomic E-state index is 11.9. The monoisotopic (exact) mass is 581 g/mol. The highest BCUT2D eigenvalue weighted by atomic mass is 127. The Kier molecular flexibility index (Phi) is 28.6. The van der Waals surface area contributed by atoms with E-state index in [1.807, 2.05) is 0 Å². The van der Waals surface area contributed by atoms with E-state index in [2.05, 4.69) is 27.9 Å². The summed E-state index contributed by atoms with van der Waals surface area (Å²) in [6, 6.07) is 0. The Balaban J connectivity index is 0. The number of carbonyl (C=O) groups excluding carboxylic acids is 1. The molecular weight excluding hydrogens is 521 g/mol. The maximum absolute atomic E-state index is 11.9. The molecule has 0 radical (unpaired) electrons. The third-order valence-corrected chi connectivity index (χ3v) is 6.77. The fourth-order valence-electron chi connectivity index (χ4n) is 4.47. The highest BCUT2D eigenvalue weighted by Crippen LogP contribution is 2.13. The van der Waals surface area contributed by atoms with Crippen LogP contribution in [0.15, 0.2) is 0 Å². The largest absolute Gasteiger partial charge is 1.00 e. The van der Waals surface area contributed by atoms with Crippen LogP contribution in [-0.4, -0.2) is 44.2 Å². The van der Waals surface area contributed by atoms with Crippen LogP contribution in [0.5, 0.6) is 0 Å². The van der Waals surface area contributed by atoms with Gasteiger partial charge in [0, 0.05) is 12.8 Å². The second kappa shape index (κ2) is 26.8. The minimum absolute atomic E-state index is 0. The summed E-state index contributed by atoms with van der Waals surface area (Å²) in [5.41, 5.74) is 0. The van der Waals surface area contributed by atoms with Gasteiger partial charge >= 0.3 is 5.97 Å². The third kappa shape index (κ3) is 28.3. The number of ether oxygens (including phenoxy) is 1. The Morgan fingerprint density at radius 2 is 0.909 bits per heavy atom. The number of halogens is 1. The lowest BCUT2D eigenvalue weighted by Gasteiger charge is -2.29. The molecule has 0 fully saturated rings. The molecule has 0 rings (SSSR count). The van der Waals surface area contributed by atoms with Crippen LogP contribution in [0.4, 0.5) is 0 Å². The van der Waals surface area contributed by atoms with E-state index in [1.54, 1.807) is 0 Å². The van der Waals surface area contributed by atoms with Crippen LogP contribution in [0, 0.1) is 0 Å². The molecule has 3 nitrogen and oxygen atoms in total. The van der Waals surface area contributed by atoms with Gasteiger partial charge < -0.3 is 33.2 Å². The van der Waals surface area contributed by atoms with Gasteiger partial charge in [0.2, 0.25) is 0 Å². The standard InChI is InChI=1S/C29H60NO2.HI/c1-5-7-9-11-13-15-16-17-18-20-22-25-29(31)32-28-24-27-30(3,4)26-23-21-19-14-12-10-8-6-2;/h5-28H2,1-4H3;1H/q+1;/p-1. The Morgan fingerprint density at radius 3 is 1.36 bits per heavy atom. The smallest absolute Gasteiger partial charge is 0.305 e. The molecule has 0 saturated carbocycles. The molecule has 0 aromatic heterocycles. The minimum atomic E-state index is 0. The number of hydrogen-bond acceptors (Lipinski definition) is 2. The second-order valence-electron chi connectivity index (χ2n) is 10.7. The zero-order valence-corrected chi connectivity index (χ0v) is 25.3. The van der Waals surface area contributed by atoms with E-state index in [9.17, 15) is 4.79 Å². The Morgan fingerprint density at radius 1 is 0.545 bits per heavy atom. The number of unbranched alkanes of at least 4 members (excludes halogenated alkanes) is 17. The predicted octanol–water partition coefficient (Wildman–Crippen LogP) is 5.84. The molecule has 0 aliphatic carbocycles. The topological polar surface area (TPSA) is 26.3 Å². The van der Waals surface area contributed by atoms with Crippen molar-refractivity contribution in [1.29, 1.82) is 0 Å². The predicted molar refractivity (Wildman–Crippen MR) is 141 cm³/mol. The highest BCUT2D eigenvalue weighted by Gasteiger charge is 2.14. The molecule has 0 spiro atoms. The summed E-state index contributed by atoms with van der Waals surface area (Å²) in [6.07, 6.45) is 27.1. The number of rotatable bonds is 25. The van der Waals surface area contributed by atoms with Crippen LogP contribution >= 0.6 is 0 Å². The first-order chi connectivity index (χ1) is 15.5. The summed E-state index contributed by atoms with van der Waals surface area (Å²) in [5, 5.41) is 0. The lowest BCUT2D eigenvalue weighted by Crippen LogP contribution is -3.00. The van der Waals surface area contributed by atoms with E-state index in [0.29, 0.717) is 13.0 Å². The molecule has 0 amide bonds. The van der Waals surface area contributed by atoms with Crippen molar-refractivity contribution in [1.82, 2.24) is 0 Å². The van der Waals surface area contributed by atoms with Crippen LogP contribution in [0.1, 0.15) is 149 Å². The van der Waals surface area contributed by atoms with E-state index < -0.39 is 0 Å². The van der Waals surface area contributed by atoms with Gasteiger partial charge in [-0.05, 0) is 19.3 Å². The SMILES string of the molecule is CCCCCCCCCCCCCC(=O)OCCC[N+](C)(C)CCCCCCCCCC.[I-]. The van der Waals surface area contributed by atoms with Crippen molar-refractivity contribution in [2.75, 3.05) is 33.8 Å². The minimum Gasteiger partial charge on any atom is -1.00 e. The van der Waals surface area contributed by atoms with Gasteiger partial charge in [-0.3, -0.25) is 4.79 Å². The van der Waals surface area contributed by atoms with Gasteiger partial charge in [-0.1, -0.05) is 117 Å². The average molecular weight is 582 g/mol. The molecule has 0 saturated heterocycles. The molecular formula is C29H60INO2. The molecule has 0 aliphatic rings. The van der Waals surface area contributed by atoms with E-state index in [0.717, 1.165) is 23.9 Å². The van der Waals surface area contributed by atoms with Gasteiger partial charge in [0.25, 0.3) is 0 Å². The molecule has 200 valence electrons. The van der Waals surface area contributed by atoms with Crippen LogP contribution in [-0.2, 0) is 9.53 Å². The molecule has 0 atom stereocenters. The lowest BCUT2D eigenvalue weighted by molar-refractivity contribution is -0.890. The highest BCUT2D eigenvalue weighted by molar-refractivity contribution is 5.69. The van der Waals surface area contributed by atoms with Crippen LogP contribution in [0.25, 0.3) is 0 Å². The van der Waals surface area contributed by atoms with Crippen molar-refractivity contribution >= 4 is 5.97 Å². The molecule has 0 aromatic carbocycles. The maximum Gasteiger partial charge on any atom is 0.305 e. The molecule has 0 bridgehead atoms. The van der Waals surface area contributed by atoms with Crippen molar-refractivity contribution in [3.8, 4) is 0 Å². The van der Waals surface area contributed by atoms with Gasteiger partial charge in [0.1, 0.15) is 0 Å². The van der Waals surface area contributed by atoms with Gasteiger partial charge in [0.15, 0.2) is 0 Å². The van der Waals surface area contributed by atoms with Gasteiger partial charge in [0.05, 0.1) is 33.8 Å². The van der Waals surface area contributed by atoms with E-state index in [4.69, 9.17) is 4.74 Å². The quantitative estimate of drug-likeness (QED) is 0.0586. The van der Waals surface area contributed by atoms with Crippen molar-refractivity contribution in [2.24, 2.45) is 0 Å². The molecule has 0 unspecified atom stereocenters. The fraction of sp³-hybridized carbons (Fsp3) is 0.966. The normalized spacial score (nSPS) is 11.4. The summed E-state index contributed by atoms with van der Waals surface area (Å²) < 4.78 is 6.52. The fourth-order valence-corrected chi connectivity index (χ4v) is 4.47. The van der Waals surface area contributed by atoms with Crippen molar-refractivity contribution < 1.29 is 38.0 Å². The van der Waals surface area contributed by atoms with Crippen LogP contribution in [0.2, 0.25) is 0 Å². The van der Waals surface area contributed by atoms with Crippen LogP contribution in [0.3, 0.4) is 0 Å². The molecule has 0 heterocycles. The van der Waals surface area contributed by atoms with E-state index in [1.165, 1.54) is 122 Å². The summed E-state index contributed by atoms with van der Waals surface area (Å²) in [7, 11) is 4.63. The zero-order chi connectivity index (χ0) is 23.8. The Hall–Kier alpha value is 0.160. The van der Waals surface area contributed by atoms with Gasteiger partial charge in [-0.15, -0.1) is 0 Å². The molecule has 33 heavy (non-hydrogen) atoms. The average Bonchev–Trinajstić information content (AvgIpc) is 2.77. The second-order valence-corrected chi connectivity index (χ2v) is 10.7. The number of hydrogen-bond donors (Lipinski definition) is 0. The number of nitrogens with zero attached hydrogens (tertiary/aromatic N) is 1. The van der Waals surface area contributed by atoms with Crippen molar-refractivity contribution in [2.45, 2.75) is 149 Å². The number of carbonyl (C=O) groups is 1. The molecule has 0 N–H and O–H groups in total. The summed E-state index contributed by atoms with van der Waals surface area (Å²) in [4.78, 5) is 11.9. The zero-order valence-electron chi connectivity index (χ0n) is 23.1. The van der Waals surface area contributed by atoms with Crippen LogP contribution < -0.4 is 24.0 Å². The lowest BCUT2D eigenvalue weighted by atomic mass is 10.1. The van der Waals surface area contributed by atoms with Gasteiger partial charge in [-0.2, -0.15) is 0 Å². The molecule has 0 aliphatic heterocycles. The summed E-state index contributed by atoms with van der Waals surface area (Å²) in [6.45, 7) is 7.48. The first-order valence-electron chi connectivity index (χ1n) is 14.5. The van der Waals surface area contributed by atoms with Crippen molar-refractivity contribution in [3.63, 3.8) is 0 Å². The number of esters is 1. The first-order valence-corrected chi connectivity index (χ1v) is 14.5. The summed E-state index contributed by atoms with van der Waals surface area (Å²) >= 11 is 0. The number of quaternary nitrogens is 1. The Labute approximate surface area is 225 Å². The van der Waals surface area contributed by atoms with Crippen molar-refractivity contribution in [3.05, 3.63) is 0 Å². The molecule has 0 aromatic rings. The van der Waals surface area contributed by atoms with Gasteiger partial charge in [-0.25, -0.2) is 0 Å². The third-order valence-electron chi connectivity index (χ3n) is 6.77. The van der Waals surface area contributed by atoms with E-state index >= 15 is 0 Å². The summed E-state index contributed by atoms with van der Waals surface area (Å²) in [5.74, 6) is 0.00861. The Bertz CT molecular complexity index is 401. The van der Waals surface area contributed by atoms with E-state index in [-0.39, 0.29) is 29.9 Å².